The van der Waals surface area contributed by atoms with Gasteiger partial charge in [0, 0.05) is 34.5 Å². The summed E-state index contributed by atoms with van der Waals surface area (Å²) < 4.78 is 14.2. The summed E-state index contributed by atoms with van der Waals surface area (Å²) in [5.41, 5.74) is 1.12. The predicted octanol–water partition coefficient (Wildman–Crippen LogP) is 5.56. The average Bonchev–Trinajstić information content (AvgIpc) is 2.72. The van der Waals surface area contributed by atoms with Crippen LogP contribution in [0.1, 0.15) is 31.9 Å². The summed E-state index contributed by atoms with van der Waals surface area (Å²) in [5.74, 6) is -0.0988. The van der Waals surface area contributed by atoms with Crippen molar-refractivity contribution >= 4 is 46.8 Å². The summed E-state index contributed by atoms with van der Waals surface area (Å²) in [7, 11) is 0. The number of carbonyl (C=O) groups is 2. The lowest BCUT2D eigenvalue weighted by atomic mass is 10.1. The van der Waals surface area contributed by atoms with Gasteiger partial charge in [0.2, 0.25) is 11.8 Å². The summed E-state index contributed by atoms with van der Waals surface area (Å²) in [6.07, 6.45) is 0. The number of amides is 2. The molecule has 0 heterocycles. The van der Waals surface area contributed by atoms with E-state index in [0.29, 0.717) is 27.9 Å². The van der Waals surface area contributed by atoms with Crippen molar-refractivity contribution in [3.05, 3.63) is 69.5 Å². The topological polar surface area (TPSA) is 49.4 Å². The molecule has 1 atom stereocenters. The molecule has 0 aromatic heterocycles. The molecule has 0 aliphatic heterocycles. The largest absolute Gasteiger partial charge is 0.354 e. The van der Waals surface area contributed by atoms with Crippen molar-refractivity contribution in [2.45, 2.75) is 39.1 Å². The van der Waals surface area contributed by atoms with Gasteiger partial charge in [0.25, 0.3) is 0 Å². The molecule has 0 bridgehead atoms. The summed E-state index contributed by atoms with van der Waals surface area (Å²) in [5, 5.41) is 3.92. The SMILES string of the molecule is CC(C)CNC(=O)C(C)N(Cc1ccccc1F)C(=O)CSCc1c(Cl)cccc1Cl. The molecule has 2 amide bonds. The van der Waals surface area contributed by atoms with E-state index in [9.17, 15) is 14.0 Å². The van der Waals surface area contributed by atoms with E-state index in [1.807, 2.05) is 13.8 Å². The van der Waals surface area contributed by atoms with Crippen LogP contribution in [-0.2, 0) is 21.9 Å². The zero-order chi connectivity index (χ0) is 23.0. The Morgan fingerprint density at radius 3 is 2.32 bits per heavy atom. The van der Waals surface area contributed by atoms with Crippen LogP contribution in [0.15, 0.2) is 42.5 Å². The molecule has 0 aliphatic rings. The number of hydrogen-bond acceptors (Lipinski definition) is 3. The van der Waals surface area contributed by atoms with Crippen LogP contribution in [0.3, 0.4) is 0 Å². The number of nitrogens with one attached hydrogen (secondary N) is 1. The van der Waals surface area contributed by atoms with Gasteiger partial charge in [0.05, 0.1) is 5.75 Å². The van der Waals surface area contributed by atoms with Crippen LogP contribution in [0.2, 0.25) is 10.0 Å². The van der Waals surface area contributed by atoms with Gasteiger partial charge in [-0.15, -0.1) is 11.8 Å². The van der Waals surface area contributed by atoms with Crippen LogP contribution in [0.25, 0.3) is 0 Å². The molecule has 0 saturated heterocycles. The minimum Gasteiger partial charge on any atom is -0.354 e. The van der Waals surface area contributed by atoms with E-state index >= 15 is 0 Å². The Kier molecular flexibility index (Phi) is 10.1. The lowest BCUT2D eigenvalue weighted by Gasteiger charge is -2.29. The van der Waals surface area contributed by atoms with E-state index in [-0.39, 0.29) is 30.0 Å². The molecular formula is C23H27Cl2FN2O2S. The second kappa shape index (κ2) is 12.3. The molecule has 2 aromatic rings. The molecule has 31 heavy (non-hydrogen) atoms. The lowest BCUT2D eigenvalue weighted by Crippen LogP contribution is -2.48. The maximum absolute atomic E-state index is 14.2. The van der Waals surface area contributed by atoms with Gasteiger partial charge in [-0.2, -0.15) is 0 Å². The maximum atomic E-state index is 14.2. The maximum Gasteiger partial charge on any atom is 0.242 e. The highest BCUT2D eigenvalue weighted by Crippen LogP contribution is 2.28. The molecule has 0 saturated carbocycles. The lowest BCUT2D eigenvalue weighted by molar-refractivity contribution is -0.138. The van der Waals surface area contributed by atoms with Crippen molar-refractivity contribution in [3.8, 4) is 0 Å². The Morgan fingerprint density at radius 1 is 1.06 bits per heavy atom. The molecule has 8 heteroatoms. The fourth-order valence-electron chi connectivity index (χ4n) is 2.84. The van der Waals surface area contributed by atoms with Gasteiger partial charge in [-0.25, -0.2) is 4.39 Å². The van der Waals surface area contributed by atoms with Crippen molar-refractivity contribution in [1.29, 1.82) is 0 Å². The number of hydrogen-bond donors (Lipinski definition) is 1. The molecule has 0 fully saturated rings. The number of benzene rings is 2. The van der Waals surface area contributed by atoms with Crippen molar-refractivity contribution < 1.29 is 14.0 Å². The van der Waals surface area contributed by atoms with Crippen LogP contribution < -0.4 is 5.32 Å². The highest BCUT2D eigenvalue weighted by molar-refractivity contribution is 7.99. The normalized spacial score (nSPS) is 12.0. The van der Waals surface area contributed by atoms with E-state index in [0.717, 1.165) is 5.56 Å². The molecule has 0 aliphatic carbocycles. The average molecular weight is 485 g/mol. The first-order valence-corrected chi connectivity index (χ1v) is 11.9. The number of rotatable bonds is 10. The zero-order valence-electron chi connectivity index (χ0n) is 17.8. The Morgan fingerprint density at radius 2 is 1.71 bits per heavy atom. The standard InChI is InChI=1S/C23H27Cl2FN2O2S/c1-15(2)11-27-23(30)16(3)28(12-17-7-4-5-10-21(17)26)22(29)14-31-13-18-19(24)8-6-9-20(18)25/h4-10,15-16H,11-14H2,1-3H3,(H,27,30). The van der Waals surface area contributed by atoms with Crippen molar-refractivity contribution in [3.63, 3.8) is 0 Å². The van der Waals surface area contributed by atoms with Crippen LogP contribution >= 0.6 is 35.0 Å². The molecule has 0 spiro atoms. The van der Waals surface area contributed by atoms with Crippen LogP contribution in [-0.4, -0.2) is 35.1 Å². The van der Waals surface area contributed by atoms with E-state index in [1.165, 1.54) is 22.7 Å². The molecule has 4 nitrogen and oxygen atoms in total. The first kappa shape index (κ1) is 25.5. The Hall–Kier alpha value is -1.76. The van der Waals surface area contributed by atoms with Crippen LogP contribution in [0.5, 0.6) is 0 Å². The van der Waals surface area contributed by atoms with Gasteiger partial charge in [-0.3, -0.25) is 9.59 Å². The third-order valence-electron chi connectivity index (χ3n) is 4.68. The highest BCUT2D eigenvalue weighted by Gasteiger charge is 2.27. The minimum atomic E-state index is -0.740. The third-order valence-corrected chi connectivity index (χ3v) is 6.34. The first-order valence-electron chi connectivity index (χ1n) is 10.0. The van der Waals surface area contributed by atoms with E-state index in [1.54, 1.807) is 43.3 Å². The highest BCUT2D eigenvalue weighted by atomic mass is 35.5. The second-order valence-electron chi connectivity index (χ2n) is 7.62. The van der Waals surface area contributed by atoms with Gasteiger partial charge < -0.3 is 10.2 Å². The van der Waals surface area contributed by atoms with Crippen LogP contribution in [0.4, 0.5) is 4.39 Å². The summed E-state index contributed by atoms with van der Waals surface area (Å²) in [6.45, 7) is 6.15. The van der Waals surface area contributed by atoms with Gasteiger partial charge in [0.15, 0.2) is 0 Å². The van der Waals surface area contributed by atoms with Gasteiger partial charge in [-0.1, -0.05) is 61.3 Å². The third kappa shape index (κ3) is 7.70. The second-order valence-corrected chi connectivity index (χ2v) is 9.42. The number of thioether (sulfide) groups is 1. The van der Waals surface area contributed by atoms with Gasteiger partial charge >= 0.3 is 0 Å². The zero-order valence-corrected chi connectivity index (χ0v) is 20.2. The smallest absolute Gasteiger partial charge is 0.242 e. The summed E-state index contributed by atoms with van der Waals surface area (Å²) >= 11 is 13.7. The minimum absolute atomic E-state index is 0.00911. The van der Waals surface area contributed by atoms with Crippen molar-refractivity contribution in [2.75, 3.05) is 12.3 Å². The molecular weight excluding hydrogens is 458 g/mol. The molecule has 1 N–H and O–H groups in total. The molecule has 2 aromatic carbocycles. The van der Waals surface area contributed by atoms with Crippen molar-refractivity contribution in [2.24, 2.45) is 5.92 Å². The Balaban J connectivity index is 2.11. The quantitative estimate of drug-likeness (QED) is 0.480. The molecule has 168 valence electrons. The first-order chi connectivity index (χ1) is 14.7. The van der Waals surface area contributed by atoms with E-state index in [4.69, 9.17) is 23.2 Å². The number of halogens is 3. The molecule has 2 rings (SSSR count). The number of carbonyl (C=O) groups excluding carboxylic acids is 2. The van der Waals surface area contributed by atoms with Gasteiger partial charge in [0.1, 0.15) is 11.9 Å². The van der Waals surface area contributed by atoms with Crippen molar-refractivity contribution in [1.82, 2.24) is 10.2 Å². The van der Waals surface area contributed by atoms with E-state index < -0.39 is 11.9 Å². The summed E-state index contributed by atoms with van der Waals surface area (Å²) in [4.78, 5) is 27.1. The molecule has 1 unspecified atom stereocenters. The Labute approximate surface area is 197 Å². The van der Waals surface area contributed by atoms with Gasteiger partial charge in [-0.05, 0) is 36.6 Å². The summed E-state index contributed by atoms with van der Waals surface area (Å²) in [6, 6.07) is 10.8. The monoisotopic (exact) mass is 484 g/mol. The number of nitrogens with zero attached hydrogens (tertiary/aromatic N) is 1. The fourth-order valence-corrected chi connectivity index (χ4v) is 4.49. The van der Waals surface area contributed by atoms with Crippen LogP contribution in [0, 0.1) is 11.7 Å². The predicted molar refractivity (Wildman–Crippen MR) is 127 cm³/mol. The van der Waals surface area contributed by atoms with E-state index in [2.05, 4.69) is 5.32 Å². The molecule has 0 radical (unpaired) electrons. The Bertz CT molecular complexity index is 891. The fraction of sp³-hybridized carbons (Fsp3) is 0.391.